The van der Waals surface area contributed by atoms with E-state index >= 15 is 0 Å². The third-order valence-electron chi connectivity index (χ3n) is 2.38. The maximum absolute atomic E-state index is 11.9. The molecule has 2 aromatic rings. The molecule has 17 heavy (non-hydrogen) atoms. The zero-order chi connectivity index (χ0) is 12.3. The Labute approximate surface area is 99.5 Å². The molecular formula is C11H13N3O2S. The average Bonchev–Trinajstić information content (AvgIpc) is 2.84. The summed E-state index contributed by atoms with van der Waals surface area (Å²) >= 11 is 0. The van der Waals surface area contributed by atoms with E-state index in [4.69, 9.17) is 5.84 Å². The Morgan fingerprint density at radius 3 is 2.41 bits per heavy atom. The lowest BCUT2D eigenvalue weighted by Gasteiger charge is -2.04. The smallest absolute Gasteiger partial charge is 0.197 e. The van der Waals surface area contributed by atoms with Crippen LogP contribution in [0.4, 0.5) is 5.69 Å². The molecule has 0 aliphatic rings. The third kappa shape index (κ3) is 2.66. The highest BCUT2D eigenvalue weighted by Crippen LogP contribution is 2.16. The van der Waals surface area contributed by atoms with Gasteiger partial charge in [0.15, 0.2) is 9.84 Å². The van der Waals surface area contributed by atoms with Crippen LogP contribution in [0.1, 0.15) is 5.56 Å². The van der Waals surface area contributed by atoms with E-state index in [9.17, 15) is 8.42 Å². The topological polar surface area (TPSA) is 88.0 Å². The fourth-order valence-electron chi connectivity index (χ4n) is 1.50. The number of hydrogen-bond donors (Lipinski definition) is 3. The number of aromatic amines is 1. The second-order valence-electron chi connectivity index (χ2n) is 3.63. The largest absolute Gasteiger partial charge is 0.352 e. The van der Waals surface area contributed by atoms with Crippen LogP contribution in [0.3, 0.4) is 0 Å². The van der Waals surface area contributed by atoms with E-state index in [1.807, 2.05) is 0 Å². The molecule has 1 heterocycles. The third-order valence-corrected chi connectivity index (χ3v) is 4.02. The number of nitrogens with one attached hydrogen (secondary N) is 2. The van der Waals surface area contributed by atoms with E-state index in [2.05, 4.69) is 10.4 Å². The summed E-state index contributed by atoms with van der Waals surface area (Å²) in [7, 11) is -3.30. The first kappa shape index (κ1) is 11.7. The molecule has 1 aromatic carbocycles. The number of nitrogens with two attached hydrogens (primary N) is 1. The van der Waals surface area contributed by atoms with E-state index in [0.717, 1.165) is 11.3 Å². The fraction of sp³-hybridized carbons (Fsp3) is 0.0909. The van der Waals surface area contributed by atoms with Crippen molar-refractivity contribution in [2.75, 3.05) is 5.43 Å². The van der Waals surface area contributed by atoms with Gasteiger partial charge in [0.1, 0.15) is 5.03 Å². The molecule has 1 aromatic heterocycles. The molecule has 90 valence electrons. The lowest BCUT2D eigenvalue weighted by atomic mass is 10.2. The minimum atomic E-state index is -3.30. The Morgan fingerprint density at radius 2 is 1.88 bits per heavy atom. The van der Waals surface area contributed by atoms with Gasteiger partial charge in [0, 0.05) is 11.9 Å². The first-order chi connectivity index (χ1) is 8.12. The second-order valence-corrected chi connectivity index (χ2v) is 5.59. The Bertz CT molecular complexity index is 574. The molecule has 0 amide bonds. The van der Waals surface area contributed by atoms with Crippen LogP contribution in [-0.4, -0.2) is 13.4 Å². The summed E-state index contributed by atoms with van der Waals surface area (Å²) in [5.74, 6) is 5.20. The van der Waals surface area contributed by atoms with Crippen molar-refractivity contribution in [3.8, 4) is 0 Å². The number of hydrazine groups is 1. The van der Waals surface area contributed by atoms with Gasteiger partial charge in [-0.15, -0.1) is 0 Å². The number of sulfone groups is 1. The molecule has 6 heteroatoms. The van der Waals surface area contributed by atoms with Crippen molar-refractivity contribution in [1.29, 1.82) is 0 Å². The van der Waals surface area contributed by atoms with Gasteiger partial charge in [-0.05, 0) is 29.8 Å². The molecule has 5 nitrogen and oxygen atoms in total. The molecule has 0 saturated heterocycles. The van der Waals surface area contributed by atoms with Crippen molar-refractivity contribution < 1.29 is 8.42 Å². The summed E-state index contributed by atoms with van der Waals surface area (Å²) < 4.78 is 23.9. The average molecular weight is 251 g/mol. The summed E-state index contributed by atoms with van der Waals surface area (Å²) in [5, 5.41) is 0.235. The zero-order valence-electron chi connectivity index (χ0n) is 9.05. The van der Waals surface area contributed by atoms with Crippen molar-refractivity contribution in [2.24, 2.45) is 5.84 Å². The quantitative estimate of drug-likeness (QED) is 0.564. The van der Waals surface area contributed by atoms with Crippen molar-refractivity contribution >= 4 is 15.5 Å². The highest BCUT2D eigenvalue weighted by Gasteiger charge is 2.15. The van der Waals surface area contributed by atoms with Gasteiger partial charge in [-0.3, -0.25) is 5.84 Å². The van der Waals surface area contributed by atoms with Crippen LogP contribution in [0.15, 0.2) is 47.6 Å². The van der Waals surface area contributed by atoms with Gasteiger partial charge in [0.2, 0.25) is 0 Å². The predicted molar refractivity (Wildman–Crippen MR) is 65.9 cm³/mol. The van der Waals surface area contributed by atoms with Gasteiger partial charge < -0.3 is 10.4 Å². The van der Waals surface area contributed by atoms with Gasteiger partial charge in [0.25, 0.3) is 0 Å². The SMILES string of the molecule is NNc1ccc(CS(=O)(=O)c2ccc[nH]2)cc1. The van der Waals surface area contributed by atoms with Crippen LogP contribution >= 0.6 is 0 Å². The number of H-pyrrole nitrogens is 1. The maximum Gasteiger partial charge on any atom is 0.197 e. The van der Waals surface area contributed by atoms with Gasteiger partial charge in [0.05, 0.1) is 5.75 Å². The van der Waals surface area contributed by atoms with E-state index < -0.39 is 9.84 Å². The molecule has 2 rings (SSSR count). The number of anilines is 1. The maximum atomic E-state index is 11.9. The van der Waals surface area contributed by atoms with Crippen molar-refractivity contribution in [1.82, 2.24) is 4.98 Å². The van der Waals surface area contributed by atoms with Crippen LogP contribution in [0, 0.1) is 0 Å². The van der Waals surface area contributed by atoms with Crippen molar-refractivity contribution in [3.05, 3.63) is 48.2 Å². The standard InChI is InChI=1S/C11H13N3O2S/c12-14-10-5-3-9(4-6-10)8-17(15,16)11-2-1-7-13-11/h1-7,13-14H,8,12H2. The Morgan fingerprint density at radius 1 is 1.18 bits per heavy atom. The van der Waals surface area contributed by atoms with E-state index in [1.54, 1.807) is 42.6 Å². The van der Waals surface area contributed by atoms with Crippen molar-refractivity contribution in [3.63, 3.8) is 0 Å². The zero-order valence-corrected chi connectivity index (χ0v) is 9.87. The number of rotatable bonds is 4. The number of hydrogen-bond acceptors (Lipinski definition) is 4. The molecular weight excluding hydrogens is 238 g/mol. The highest BCUT2D eigenvalue weighted by atomic mass is 32.2. The molecule has 0 aliphatic carbocycles. The minimum Gasteiger partial charge on any atom is -0.352 e. The minimum absolute atomic E-state index is 0.0294. The molecule has 0 saturated carbocycles. The molecule has 0 atom stereocenters. The second kappa shape index (κ2) is 4.60. The molecule has 0 radical (unpaired) electrons. The summed E-state index contributed by atoms with van der Waals surface area (Å²) in [4.78, 5) is 2.70. The Kier molecular flexibility index (Phi) is 3.16. The highest BCUT2D eigenvalue weighted by molar-refractivity contribution is 7.90. The van der Waals surface area contributed by atoms with E-state index in [0.29, 0.717) is 0 Å². The van der Waals surface area contributed by atoms with E-state index in [-0.39, 0.29) is 10.8 Å². The van der Waals surface area contributed by atoms with E-state index in [1.165, 1.54) is 0 Å². The van der Waals surface area contributed by atoms with Crippen LogP contribution in [0.25, 0.3) is 0 Å². The lowest BCUT2D eigenvalue weighted by Crippen LogP contribution is -2.07. The van der Waals surface area contributed by atoms with Crippen LogP contribution in [0.2, 0.25) is 0 Å². The molecule has 4 N–H and O–H groups in total. The Balaban J connectivity index is 2.21. The van der Waals surface area contributed by atoms with Gasteiger partial charge in [-0.1, -0.05) is 12.1 Å². The van der Waals surface area contributed by atoms with Gasteiger partial charge in [-0.25, -0.2) is 8.42 Å². The molecule has 0 spiro atoms. The van der Waals surface area contributed by atoms with Crippen LogP contribution < -0.4 is 11.3 Å². The first-order valence-electron chi connectivity index (χ1n) is 5.03. The summed E-state index contributed by atoms with van der Waals surface area (Å²) in [6, 6.07) is 10.1. The Hall–Kier alpha value is -1.79. The number of benzene rings is 1. The van der Waals surface area contributed by atoms with Gasteiger partial charge in [-0.2, -0.15) is 0 Å². The summed E-state index contributed by atoms with van der Waals surface area (Å²) in [5.41, 5.74) is 3.95. The number of nitrogen functional groups attached to an aromatic ring is 1. The normalized spacial score (nSPS) is 11.4. The van der Waals surface area contributed by atoms with Crippen molar-refractivity contribution in [2.45, 2.75) is 10.8 Å². The van der Waals surface area contributed by atoms with Gasteiger partial charge >= 0.3 is 0 Å². The van der Waals surface area contributed by atoms with Crippen LogP contribution in [-0.2, 0) is 15.6 Å². The molecule has 0 aliphatic heterocycles. The van der Waals surface area contributed by atoms with Crippen LogP contribution in [0.5, 0.6) is 0 Å². The first-order valence-corrected chi connectivity index (χ1v) is 6.69. The predicted octanol–water partition coefficient (Wildman–Crippen LogP) is 1.27. The summed E-state index contributed by atoms with van der Waals surface area (Å²) in [6.45, 7) is 0. The monoisotopic (exact) mass is 251 g/mol. The summed E-state index contributed by atoms with van der Waals surface area (Å²) in [6.07, 6.45) is 1.59. The number of aromatic nitrogens is 1. The lowest BCUT2D eigenvalue weighted by molar-refractivity contribution is 0.592. The molecule has 0 fully saturated rings. The molecule has 0 unspecified atom stereocenters. The molecule has 0 bridgehead atoms. The fourth-order valence-corrected chi connectivity index (χ4v) is 2.82.